The largest absolute Gasteiger partial charge is 0.493 e. The topological polar surface area (TPSA) is 115 Å². The predicted octanol–water partition coefficient (Wildman–Crippen LogP) is 10.5. The molecule has 0 bridgehead atoms. The van der Waals surface area contributed by atoms with Crippen LogP contribution in [0.15, 0.2) is 60.7 Å². The summed E-state index contributed by atoms with van der Waals surface area (Å²) in [5.74, 6) is 0.653. The Balaban J connectivity index is 1.47. The van der Waals surface area contributed by atoms with Gasteiger partial charge in [-0.2, -0.15) is 0 Å². The predicted molar refractivity (Wildman–Crippen MR) is 206 cm³/mol. The number of carbonyl (C=O) groups is 1. The Morgan fingerprint density at radius 3 is 2.02 bits per heavy atom. The number of nitrogens with zero attached hydrogens (tertiary/aromatic N) is 1. The summed E-state index contributed by atoms with van der Waals surface area (Å²) in [6.07, 6.45) is 23.0. The maximum atomic E-state index is 12.8. The number of nitrogens with two attached hydrogens (primary N) is 1. The third-order valence-electron chi connectivity index (χ3n) is 10.6. The molecule has 0 spiro atoms. The number of benzene rings is 3. The standard InChI is InChI=1S/C42H59N2O5P/c43-42(45)37-26-19-27-39-40(37)38-31-36(49-28-29-50(46,47)48)30-35(25-18-11-10-13-20-33-21-16-12-17-22-33)41(38)44(39)32-34-23-14-8-6-4-2-1-3-5-7-9-15-24-34/h12,16-17,19,21-22,26-27,30-31,34H,1-11,13-15,18,20,23-25,28-29,32H2,(H2,43,45)(H2,46,47,48). The van der Waals surface area contributed by atoms with E-state index in [4.69, 9.17) is 10.5 Å². The van der Waals surface area contributed by atoms with E-state index < -0.39 is 13.5 Å². The Morgan fingerprint density at radius 2 is 1.40 bits per heavy atom. The van der Waals surface area contributed by atoms with Crippen LogP contribution < -0.4 is 10.5 Å². The lowest BCUT2D eigenvalue weighted by Gasteiger charge is -2.21. The molecule has 0 atom stereocenters. The molecule has 1 aliphatic rings. The molecule has 3 aromatic carbocycles. The Morgan fingerprint density at radius 1 is 0.780 bits per heavy atom. The Hall–Kier alpha value is -3.12. The number of unbranched alkanes of at least 4 members (excludes halogenated alkanes) is 3. The van der Waals surface area contributed by atoms with E-state index in [-0.39, 0.29) is 12.8 Å². The van der Waals surface area contributed by atoms with Gasteiger partial charge in [-0.3, -0.25) is 9.36 Å². The zero-order valence-corrected chi connectivity index (χ0v) is 30.9. The molecule has 1 aromatic heterocycles. The van der Waals surface area contributed by atoms with Crippen molar-refractivity contribution in [3.05, 3.63) is 77.4 Å². The Labute approximate surface area is 299 Å². The highest BCUT2D eigenvalue weighted by atomic mass is 31.2. The van der Waals surface area contributed by atoms with Gasteiger partial charge in [0.25, 0.3) is 0 Å². The number of aromatic nitrogens is 1. The molecule has 1 fully saturated rings. The number of aryl methyl sites for hydroxylation is 2. The van der Waals surface area contributed by atoms with E-state index in [1.807, 2.05) is 18.2 Å². The number of hydrogen-bond acceptors (Lipinski definition) is 3. The van der Waals surface area contributed by atoms with E-state index in [0.717, 1.165) is 72.4 Å². The summed E-state index contributed by atoms with van der Waals surface area (Å²) in [6.45, 7) is 0.808. The average molecular weight is 703 g/mol. The van der Waals surface area contributed by atoms with Crippen LogP contribution in [0.25, 0.3) is 21.8 Å². The first-order chi connectivity index (χ1) is 24.3. The maximum absolute atomic E-state index is 12.8. The molecule has 8 heteroatoms. The van der Waals surface area contributed by atoms with Crippen LogP contribution in [0.3, 0.4) is 0 Å². The van der Waals surface area contributed by atoms with Crippen LogP contribution in [0.1, 0.15) is 131 Å². The van der Waals surface area contributed by atoms with Gasteiger partial charge < -0.3 is 24.8 Å². The van der Waals surface area contributed by atoms with Gasteiger partial charge in [-0.15, -0.1) is 0 Å². The molecule has 0 radical (unpaired) electrons. The van der Waals surface area contributed by atoms with Crippen LogP contribution in [0.2, 0.25) is 0 Å². The lowest BCUT2D eigenvalue weighted by Crippen LogP contribution is -2.13. The minimum absolute atomic E-state index is 0.0852. The summed E-state index contributed by atoms with van der Waals surface area (Å²) in [6, 6.07) is 20.5. The van der Waals surface area contributed by atoms with Gasteiger partial charge >= 0.3 is 7.60 Å². The molecule has 1 heterocycles. The smallest absolute Gasteiger partial charge is 0.328 e. The minimum Gasteiger partial charge on any atom is -0.493 e. The van der Waals surface area contributed by atoms with Crippen LogP contribution in [0.4, 0.5) is 0 Å². The van der Waals surface area contributed by atoms with Gasteiger partial charge in [0.15, 0.2) is 0 Å². The normalized spacial score (nSPS) is 16.0. The van der Waals surface area contributed by atoms with Crippen LogP contribution >= 0.6 is 7.60 Å². The molecule has 1 saturated carbocycles. The molecule has 50 heavy (non-hydrogen) atoms. The molecular formula is C42H59N2O5P. The summed E-state index contributed by atoms with van der Waals surface area (Å²) in [4.78, 5) is 31.8. The highest BCUT2D eigenvalue weighted by Crippen LogP contribution is 2.39. The molecule has 272 valence electrons. The van der Waals surface area contributed by atoms with E-state index in [9.17, 15) is 19.1 Å². The SMILES string of the molecule is NC(=O)c1cccc2c1c1cc(OCCP(=O)(O)O)cc(CCCCCCc3ccccc3)c1n2CC1CCCCCCCCCCCCC1. The fourth-order valence-electron chi connectivity index (χ4n) is 7.98. The van der Waals surface area contributed by atoms with Gasteiger partial charge in [0.1, 0.15) is 5.75 Å². The van der Waals surface area contributed by atoms with Crippen molar-refractivity contribution in [2.45, 2.75) is 129 Å². The molecule has 1 aliphatic carbocycles. The fourth-order valence-corrected chi connectivity index (χ4v) is 8.31. The van der Waals surface area contributed by atoms with Gasteiger partial charge in [0, 0.05) is 28.4 Å². The summed E-state index contributed by atoms with van der Waals surface area (Å²) < 4.78 is 20.1. The highest BCUT2D eigenvalue weighted by Gasteiger charge is 2.23. The van der Waals surface area contributed by atoms with Crippen LogP contribution in [-0.4, -0.2) is 33.0 Å². The van der Waals surface area contributed by atoms with Crippen molar-refractivity contribution < 1.29 is 23.9 Å². The highest BCUT2D eigenvalue weighted by molar-refractivity contribution is 7.51. The molecule has 5 rings (SSSR count). The average Bonchev–Trinajstić information content (AvgIpc) is 3.41. The van der Waals surface area contributed by atoms with Crippen molar-refractivity contribution in [3.8, 4) is 5.75 Å². The molecule has 1 amide bonds. The van der Waals surface area contributed by atoms with Crippen LogP contribution in [-0.2, 0) is 24.0 Å². The number of fused-ring (bicyclic) bond motifs is 3. The number of ether oxygens (including phenoxy) is 1. The number of primary amides is 1. The van der Waals surface area contributed by atoms with Crippen molar-refractivity contribution >= 4 is 35.3 Å². The fraction of sp³-hybridized carbons (Fsp3) is 0.548. The first-order valence-electron chi connectivity index (χ1n) is 19.4. The minimum atomic E-state index is -4.20. The molecule has 0 aliphatic heterocycles. The van der Waals surface area contributed by atoms with Crippen LogP contribution in [0, 0.1) is 5.92 Å². The maximum Gasteiger partial charge on any atom is 0.328 e. The van der Waals surface area contributed by atoms with Gasteiger partial charge in [-0.1, -0.05) is 120 Å². The lowest BCUT2D eigenvalue weighted by molar-refractivity contribution is 0.100. The van der Waals surface area contributed by atoms with Crippen LogP contribution in [0.5, 0.6) is 5.75 Å². The number of amides is 1. The number of hydrogen-bond donors (Lipinski definition) is 3. The lowest BCUT2D eigenvalue weighted by atomic mass is 9.93. The zero-order chi connectivity index (χ0) is 35.2. The summed E-state index contributed by atoms with van der Waals surface area (Å²) >= 11 is 0. The molecular weight excluding hydrogens is 643 g/mol. The summed E-state index contributed by atoms with van der Waals surface area (Å²) in [5.41, 5.74) is 11.2. The van der Waals surface area contributed by atoms with Gasteiger partial charge in [0.05, 0.1) is 18.3 Å². The molecule has 0 unspecified atom stereocenters. The first-order valence-corrected chi connectivity index (χ1v) is 21.2. The quantitative estimate of drug-likeness (QED) is 0.0894. The van der Waals surface area contributed by atoms with Crippen molar-refractivity contribution in [2.24, 2.45) is 11.7 Å². The Kier molecular flexibility index (Phi) is 14.8. The molecule has 4 aromatic rings. The van der Waals surface area contributed by atoms with Crippen molar-refractivity contribution in [1.82, 2.24) is 4.57 Å². The van der Waals surface area contributed by atoms with Crippen molar-refractivity contribution in [2.75, 3.05) is 12.8 Å². The molecule has 4 N–H and O–H groups in total. The second-order valence-electron chi connectivity index (χ2n) is 14.6. The molecule has 7 nitrogen and oxygen atoms in total. The van der Waals surface area contributed by atoms with Crippen molar-refractivity contribution in [1.29, 1.82) is 0 Å². The van der Waals surface area contributed by atoms with E-state index in [1.54, 1.807) is 0 Å². The van der Waals surface area contributed by atoms with Gasteiger partial charge in [-0.25, -0.2) is 0 Å². The monoisotopic (exact) mass is 702 g/mol. The molecule has 0 saturated heterocycles. The van der Waals surface area contributed by atoms with E-state index in [0.29, 0.717) is 17.2 Å². The summed E-state index contributed by atoms with van der Waals surface area (Å²) in [7, 11) is -4.20. The first kappa shape index (κ1) is 38.1. The summed E-state index contributed by atoms with van der Waals surface area (Å²) in [5, 5.41) is 1.78. The Bertz CT molecular complexity index is 1680. The van der Waals surface area contributed by atoms with Crippen molar-refractivity contribution in [3.63, 3.8) is 0 Å². The number of carbonyl (C=O) groups excluding carboxylic acids is 1. The third kappa shape index (κ3) is 11.4. The van der Waals surface area contributed by atoms with E-state index in [2.05, 4.69) is 47.0 Å². The second kappa shape index (κ2) is 19.5. The second-order valence-corrected chi connectivity index (χ2v) is 16.4. The zero-order valence-electron chi connectivity index (χ0n) is 30.0. The third-order valence-corrected chi connectivity index (χ3v) is 11.4. The van der Waals surface area contributed by atoms with Gasteiger partial charge in [0.2, 0.25) is 5.91 Å². The van der Waals surface area contributed by atoms with E-state index in [1.165, 1.54) is 89.0 Å². The van der Waals surface area contributed by atoms with Gasteiger partial charge in [-0.05, 0) is 79.8 Å². The number of rotatable bonds is 14. The van der Waals surface area contributed by atoms with E-state index >= 15 is 0 Å².